The van der Waals surface area contributed by atoms with Crippen molar-refractivity contribution in [2.75, 3.05) is 31.6 Å². The monoisotopic (exact) mass is 393 g/mol. The van der Waals surface area contributed by atoms with Gasteiger partial charge in [-0.25, -0.2) is 0 Å². The third-order valence-electron chi connectivity index (χ3n) is 5.69. The largest absolute Gasteiger partial charge is 0.371 e. The minimum absolute atomic E-state index is 0.00581. The molecule has 0 aromatic heterocycles. The molecule has 2 amide bonds. The Kier molecular flexibility index (Phi) is 6.91. The highest BCUT2D eigenvalue weighted by atomic mass is 16.2. The first kappa shape index (κ1) is 20.9. The Morgan fingerprint density at radius 2 is 1.72 bits per heavy atom. The van der Waals surface area contributed by atoms with E-state index in [2.05, 4.69) is 28.4 Å². The molecule has 1 aliphatic rings. The van der Waals surface area contributed by atoms with Crippen molar-refractivity contribution in [3.63, 3.8) is 0 Å². The molecule has 2 aromatic carbocycles. The van der Waals surface area contributed by atoms with Gasteiger partial charge in [0.15, 0.2) is 0 Å². The highest BCUT2D eigenvalue weighted by Gasteiger charge is 2.17. The fraction of sp³-hybridized carbons (Fsp3) is 0.417. The number of nitrogens with zero attached hydrogens (tertiary/aromatic N) is 2. The number of hydrogen-bond acceptors (Lipinski definition) is 3. The number of nitrogens with one attached hydrogen (secondary N) is 1. The molecule has 1 heterocycles. The van der Waals surface area contributed by atoms with Gasteiger partial charge in [0.2, 0.25) is 5.91 Å². The van der Waals surface area contributed by atoms with E-state index in [1.54, 1.807) is 18.0 Å². The number of aryl methyl sites for hydroxylation is 2. The molecule has 29 heavy (non-hydrogen) atoms. The SMILES string of the molecule is Cc1ccc(C(=O)NCC(=O)N(C)Cc2ccccc2N2CCCCC2)cc1C. The van der Waals surface area contributed by atoms with E-state index in [-0.39, 0.29) is 18.4 Å². The van der Waals surface area contributed by atoms with E-state index in [1.165, 1.54) is 24.9 Å². The lowest BCUT2D eigenvalue weighted by Gasteiger charge is -2.31. The lowest BCUT2D eigenvalue weighted by molar-refractivity contribution is -0.129. The van der Waals surface area contributed by atoms with Gasteiger partial charge < -0.3 is 15.1 Å². The normalized spacial score (nSPS) is 13.8. The first-order valence-corrected chi connectivity index (χ1v) is 10.4. The third-order valence-corrected chi connectivity index (χ3v) is 5.69. The second kappa shape index (κ2) is 9.59. The number of amides is 2. The van der Waals surface area contributed by atoms with Gasteiger partial charge in [0.05, 0.1) is 6.54 Å². The zero-order chi connectivity index (χ0) is 20.8. The summed E-state index contributed by atoms with van der Waals surface area (Å²) in [5, 5.41) is 2.75. The Balaban J connectivity index is 1.58. The number of rotatable bonds is 6. The van der Waals surface area contributed by atoms with Crippen molar-refractivity contribution < 1.29 is 9.59 Å². The fourth-order valence-corrected chi connectivity index (χ4v) is 3.71. The number of carbonyl (C=O) groups excluding carboxylic acids is 2. The van der Waals surface area contributed by atoms with Crippen LogP contribution in [-0.2, 0) is 11.3 Å². The van der Waals surface area contributed by atoms with Crippen molar-refractivity contribution in [1.82, 2.24) is 10.2 Å². The summed E-state index contributed by atoms with van der Waals surface area (Å²) in [5.74, 6) is -0.320. The van der Waals surface area contributed by atoms with E-state index in [9.17, 15) is 9.59 Å². The fourth-order valence-electron chi connectivity index (χ4n) is 3.71. The second-order valence-corrected chi connectivity index (χ2v) is 7.91. The first-order valence-electron chi connectivity index (χ1n) is 10.4. The quantitative estimate of drug-likeness (QED) is 0.814. The molecule has 0 saturated carbocycles. The van der Waals surface area contributed by atoms with Gasteiger partial charge in [-0.1, -0.05) is 24.3 Å². The molecule has 1 fully saturated rings. The molecule has 3 rings (SSSR count). The molecule has 1 N–H and O–H groups in total. The number of carbonyl (C=O) groups is 2. The molecule has 154 valence electrons. The molecule has 5 nitrogen and oxygen atoms in total. The summed E-state index contributed by atoms with van der Waals surface area (Å²) in [6.45, 7) is 6.66. The summed E-state index contributed by atoms with van der Waals surface area (Å²) in [6.07, 6.45) is 3.72. The predicted molar refractivity (Wildman–Crippen MR) is 117 cm³/mol. The van der Waals surface area contributed by atoms with Crippen LogP contribution >= 0.6 is 0 Å². The van der Waals surface area contributed by atoms with Crippen molar-refractivity contribution >= 4 is 17.5 Å². The number of hydrogen-bond donors (Lipinski definition) is 1. The van der Waals surface area contributed by atoms with Gasteiger partial charge >= 0.3 is 0 Å². The maximum Gasteiger partial charge on any atom is 0.251 e. The average Bonchev–Trinajstić information content (AvgIpc) is 2.74. The smallest absolute Gasteiger partial charge is 0.251 e. The molecular formula is C24H31N3O2. The maximum absolute atomic E-state index is 12.6. The predicted octanol–water partition coefficient (Wildman–Crippen LogP) is 3.68. The van der Waals surface area contributed by atoms with Crippen LogP contribution in [0.5, 0.6) is 0 Å². The van der Waals surface area contributed by atoms with Gasteiger partial charge in [-0.15, -0.1) is 0 Å². The van der Waals surface area contributed by atoms with Gasteiger partial charge in [0.25, 0.3) is 5.91 Å². The highest BCUT2D eigenvalue weighted by Crippen LogP contribution is 2.25. The van der Waals surface area contributed by atoms with Crippen LogP contribution in [0.25, 0.3) is 0 Å². The van der Waals surface area contributed by atoms with Gasteiger partial charge in [-0.2, -0.15) is 0 Å². The van der Waals surface area contributed by atoms with E-state index >= 15 is 0 Å². The van der Waals surface area contributed by atoms with Crippen LogP contribution in [0.1, 0.15) is 46.3 Å². The summed E-state index contributed by atoms with van der Waals surface area (Å²) in [6, 6.07) is 13.9. The van der Waals surface area contributed by atoms with E-state index < -0.39 is 0 Å². The lowest BCUT2D eigenvalue weighted by Crippen LogP contribution is -2.38. The molecule has 1 aliphatic heterocycles. The van der Waals surface area contributed by atoms with Gasteiger partial charge in [-0.05, 0) is 68.0 Å². The van der Waals surface area contributed by atoms with Crippen LogP contribution in [-0.4, -0.2) is 43.4 Å². The van der Waals surface area contributed by atoms with Gasteiger partial charge in [0.1, 0.15) is 0 Å². The van der Waals surface area contributed by atoms with Crippen molar-refractivity contribution in [2.45, 2.75) is 39.7 Å². The maximum atomic E-state index is 12.6. The zero-order valence-corrected chi connectivity index (χ0v) is 17.7. The van der Waals surface area contributed by atoms with Crippen LogP contribution < -0.4 is 10.2 Å². The van der Waals surface area contributed by atoms with Gasteiger partial charge in [-0.3, -0.25) is 9.59 Å². The van der Waals surface area contributed by atoms with E-state index in [0.717, 1.165) is 29.8 Å². The Labute approximate surface area is 173 Å². The van der Waals surface area contributed by atoms with Gasteiger partial charge in [0, 0.05) is 37.9 Å². The molecule has 0 unspecified atom stereocenters. The second-order valence-electron chi connectivity index (χ2n) is 7.91. The molecule has 2 aromatic rings. The third kappa shape index (κ3) is 5.37. The Bertz CT molecular complexity index is 872. The molecule has 1 saturated heterocycles. The molecule has 5 heteroatoms. The molecule has 0 aliphatic carbocycles. The van der Waals surface area contributed by atoms with Crippen molar-refractivity contribution in [3.05, 3.63) is 64.7 Å². The molecule has 0 bridgehead atoms. The summed E-state index contributed by atoms with van der Waals surface area (Å²) in [5.41, 5.74) is 5.15. The summed E-state index contributed by atoms with van der Waals surface area (Å²) in [7, 11) is 1.79. The molecular weight excluding hydrogens is 362 g/mol. The standard InChI is InChI=1S/C24H31N3O2/c1-18-11-12-20(15-19(18)2)24(29)25-16-23(28)26(3)17-21-9-5-6-10-22(21)27-13-7-4-8-14-27/h5-6,9-12,15H,4,7-8,13-14,16-17H2,1-3H3,(H,25,29). The van der Waals surface area contributed by atoms with E-state index in [4.69, 9.17) is 0 Å². The topological polar surface area (TPSA) is 52.7 Å². The van der Waals surface area contributed by atoms with Crippen molar-refractivity contribution in [3.8, 4) is 0 Å². The Morgan fingerprint density at radius 3 is 2.45 bits per heavy atom. The minimum atomic E-state index is -0.219. The van der Waals surface area contributed by atoms with Crippen molar-refractivity contribution in [2.24, 2.45) is 0 Å². The molecule has 0 spiro atoms. The van der Waals surface area contributed by atoms with Crippen LogP contribution in [0, 0.1) is 13.8 Å². The zero-order valence-electron chi connectivity index (χ0n) is 17.7. The number of piperidine rings is 1. The number of anilines is 1. The minimum Gasteiger partial charge on any atom is -0.371 e. The first-order chi connectivity index (χ1) is 14.0. The Hall–Kier alpha value is -2.82. The summed E-state index contributed by atoms with van der Waals surface area (Å²) < 4.78 is 0. The van der Waals surface area contributed by atoms with E-state index in [0.29, 0.717) is 12.1 Å². The highest BCUT2D eigenvalue weighted by molar-refractivity contribution is 5.96. The Morgan fingerprint density at radius 1 is 1.00 bits per heavy atom. The summed E-state index contributed by atoms with van der Waals surface area (Å²) >= 11 is 0. The lowest BCUT2D eigenvalue weighted by atomic mass is 10.1. The number of para-hydroxylation sites is 1. The van der Waals surface area contributed by atoms with Crippen LogP contribution in [0.15, 0.2) is 42.5 Å². The number of benzene rings is 2. The van der Waals surface area contributed by atoms with Crippen molar-refractivity contribution in [1.29, 1.82) is 0 Å². The molecule has 0 atom stereocenters. The summed E-state index contributed by atoms with van der Waals surface area (Å²) in [4.78, 5) is 29.1. The molecule has 0 radical (unpaired) electrons. The van der Waals surface area contributed by atoms with Crippen LogP contribution in [0.4, 0.5) is 5.69 Å². The number of likely N-dealkylation sites (N-methyl/N-ethyl adjacent to an activating group) is 1. The van der Waals surface area contributed by atoms with Crippen LogP contribution in [0.2, 0.25) is 0 Å². The van der Waals surface area contributed by atoms with Crippen LogP contribution in [0.3, 0.4) is 0 Å². The average molecular weight is 394 g/mol. The van der Waals surface area contributed by atoms with E-state index in [1.807, 2.05) is 32.0 Å².